The molecule has 3 fully saturated rings. The number of benzene rings is 1. The summed E-state index contributed by atoms with van der Waals surface area (Å²) in [6.45, 7) is 1.93. The van der Waals surface area contributed by atoms with Gasteiger partial charge in [-0.1, -0.05) is 6.07 Å². The first-order valence-electron chi connectivity index (χ1n) is 7.75. The Bertz CT molecular complexity index is 632. The quantitative estimate of drug-likeness (QED) is 0.875. The van der Waals surface area contributed by atoms with Crippen LogP contribution in [0.3, 0.4) is 0 Å². The molecule has 108 valence electrons. The number of anilines is 1. The van der Waals surface area contributed by atoms with Crippen molar-refractivity contribution in [2.75, 3.05) is 5.32 Å². The van der Waals surface area contributed by atoms with E-state index in [1.807, 2.05) is 13.0 Å². The lowest BCUT2D eigenvalue weighted by Gasteiger charge is -2.13. The van der Waals surface area contributed by atoms with Crippen molar-refractivity contribution in [2.24, 2.45) is 23.7 Å². The molecule has 0 aliphatic heterocycles. The Morgan fingerprint density at radius 2 is 2.00 bits per heavy atom. The molecule has 2 N–H and O–H groups in total. The van der Waals surface area contributed by atoms with Gasteiger partial charge in [-0.15, -0.1) is 0 Å². The summed E-state index contributed by atoms with van der Waals surface area (Å²) in [5.74, 6) is 3.19. The first-order valence-corrected chi connectivity index (χ1v) is 7.75. The highest BCUT2D eigenvalue weighted by Crippen LogP contribution is 2.65. The minimum atomic E-state index is -0.132. The number of fused-ring (bicyclic) bond motifs is 5. The van der Waals surface area contributed by atoms with E-state index < -0.39 is 0 Å². The fraction of sp³-hybridized carbons (Fsp3) is 0.529. The van der Waals surface area contributed by atoms with Crippen molar-refractivity contribution in [3.63, 3.8) is 0 Å². The second-order valence-electron chi connectivity index (χ2n) is 6.75. The highest BCUT2D eigenvalue weighted by molar-refractivity contribution is 5.90. The van der Waals surface area contributed by atoms with E-state index in [-0.39, 0.29) is 6.03 Å². The monoisotopic (exact) mass is 281 g/mol. The van der Waals surface area contributed by atoms with Crippen molar-refractivity contribution in [3.8, 4) is 6.07 Å². The molecule has 2 bridgehead atoms. The molecule has 4 heteroatoms. The fourth-order valence-corrected chi connectivity index (χ4v) is 4.65. The summed E-state index contributed by atoms with van der Waals surface area (Å²) in [5.41, 5.74) is 2.26. The summed E-state index contributed by atoms with van der Waals surface area (Å²) < 4.78 is 0. The third kappa shape index (κ3) is 1.99. The Morgan fingerprint density at radius 3 is 2.67 bits per heavy atom. The van der Waals surface area contributed by atoms with Crippen LogP contribution in [0.15, 0.2) is 18.2 Å². The van der Waals surface area contributed by atoms with Gasteiger partial charge in [0.2, 0.25) is 0 Å². The van der Waals surface area contributed by atoms with Gasteiger partial charge in [0.1, 0.15) is 0 Å². The molecule has 0 radical (unpaired) electrons. The molecule has 0 spiro atoms. The average molecular weight is 281 g/mol. The number of urea groups is 1. The van der Waals surface area contributed by atoms with E-state index in [1.165, 1.54) is 19.3 Å². The molecule has 21 heavy (non-hydrogen) atoms. The van der Waals surface area contributed by atoms with Crippen LogP contribution in [0.4, 0.5) is 10.5 Å². The molecule has 1 unspecified atom stereocenters. The van der Waals surface area contributed by atoms with Crippen LogP contribution in [-0.4, -0.2) is 12.1 Å². The zero-order chi connectivity index (χ0) is 14.6. The van der Waals surface area contributed by atoms with E-state index in [1.54, 1.807) is 12.1 Å². The molecule has 1 aromatic carbocycles. The number of nitrogens with zero attached hydrogens (tertiary/aromatic N) is 1. The van der Waals surface area contributed by atoms with Crippen molar-refractivity contribution >= 4 is 11.7 Å². The number of hydrogen-bond acceptors (Lipinski definition) is 2. The van der Waals surface area contributed by atoms with Crippen LogP contribution in [-0.2, 0) is 0 Å². The molecule has 5 atom stereocenters. The number of nitrogens with one attached hydrogen (secondary N) is 2. The molecule has 3 saturated carbocycles. The van der Waals surface area contributed by atoms with Crippen molar-refractivity contribution in [3.05, 3.63) is 29.3 Å². The highest BCUT2D eigenvalue weighted by atomic mass is 16.2. The highest BCUT2D eigenvalue weighted by Gasteiger charge is 2.65. The Hall–Kier alpha value is -2.02. The predicted octanol–water partition coefficient (Wildman–Crippen LogP) is 3.03. The van der Waals surface area contributed by atoms with Gasteiger partial charge < -0.3 is 10.6 Å². The van der Waals surface area contributed by atoms with Crippen LogP contribution in [0.1, 0.15) is 30.4 Å². The van der Waals surface area contributed by atoms with Gasteiger partial charge in [-0.05, 0) is 67.6 Å². The normalized spacial score (nSPS) is 35.0. The first-order chi connectivity index (χ1) is 10.2. The third-order valence-electron chi connectivity index (χ3n) is 5.65. The second kappa shape index (κ2) is 4.49. The van der Waals surface area contributed by atoms with E-state index in [0.717, 1.165) is 34.9 Å². The van der Waals surface area contributed by atoms with Crippen molar-refractivity contribution in [1.82, 2.24) is 5.32 Å². The Balaban J connectivity index is 1.40. The molecular weight excluding hydrogens is 262 g/mol. The lowest BCUT2D eigenvalue weighted by atomic mass is 10.0. The summed E-state index contributed by atoms with van der Waals surface area (Å²) in [7, 11) is 0. The molecular formula is C17H19N3O. The van der Waals surface area contributed by atoms with Crippen LogP contribution in [0.5, 0.6) is 0 Å². The second-order valence-corrected chi connectivity index (χ2v) is 6.75. The summed E-state index contributed by atoms with van der Waals surface area (Å²) in [4.78, 5) is 12.2. The maximum Gasteiger partial charge on any atom is 0.319 e. The SMILES string of the molecule is Cc1ccc(C#N)cc1NC(=O)NC1[C@@H]2[C@H]3CC[C@@H](C3)[C@H]12. The third-order valence-corrected chi connectivity index (χ3v) is 5.65. The van der Waals surface area contributed by atoms with Crippen molar-refractivity contribution < 1.29 is 4.79 Å². The topological polar surface area (TPSA) is 64.9 Å². The van der Waals surface area contributed by atoms with Crippen LogP contribution >= 0.6 is 0 Å². The maximum absolute atomic E-state index is 12.2. The van der Waals surface area contributed by atoms with Crippen LogP contribution in [0.2, 0.25) is 0 Å². The standard InChI is InChI=1S/C17H19N3O/c1-9-2-3-10(8-18)6-13(9)19-17(21)20-16-14-11-4-5-12(7-11)15(14)16/h2-3,6,11-12,14-16H,4-5,7H2,1H3,(H2,19,20,21)/t11-,12-,14-,15+,16?/m0/s1. The average Bonchev–Trinajstić information content (AvgIpc) is 2.86. The molecule has 0 heterocycles. The van der Waals surface area contributed by atoms with Crippen molar-refractivity contribution in [2.45, 2.75) is 32.2 Å². The van der Waals surface area contributed by atoms with Crippen LogP contribution in [0.25, 0.3) is 0 Å². The van der Waals surface area contributed by atoms with Gasteiger partial charge in [0.25, 0.3) is 0 Å². The summed E-state index contributed by atoms with van der Waals surface area (Å²) in [5, 5.41) is 15.0. The smallest absolute Gasteiger partial charge is 0.319 e. The Labute approximate surface area is 124 Å². The maximum atomic E-state index is 12.2. The van der Waals surface area contributed by atoms with Gasteiger partial charge in [0.05, 0.1) is 11.6 Å². The van der Waals surface area contributed by atoms with Gasteiger partial charge >= 0.3 is 6.03 Å². The number of amides is 2. The zero-order valence-electron chi connectivity index (χ0n) is 12.1. The van der Waals surface area contributed by atoms with E-state index in [2.05, 4.69) is 16.7 Å². The van der Waals surface area contributed by atoms with Crippen LogP contribution in [0, 0.1) is 41.9 Å². The Kier molecular flexibility index (Phi) is 2.72. The first kappa shape index (κ1) is 12.7. The molecule has 1 aromatic rings. The summed E-state index contributed by atoms with van der Waals surface area (Å²) >= 11 is 0. The van der Waals surface area contributed by atoms with Gasteiger partial charge in [-0.25, -0.2) is 4.79 Å². The molecule has 0 saturated heterocycles. The zero-order valence-corrected chi connectivity index (χ0v) is 12.1. The van der Waals surface area contributed by atoms with Crippen molar-refractivity contribution in [1.29, 1.82) is 5.26 Å². The van der Waals surface area contributed by atoms with Crippen LogP contribution < -0.4 is 10.6 Å². The molecule has 3 aliphatic rings. The summed E-state index contributed by atoms with van der Waals surface area (Å²) in [6.07, 6.45) is 4.10. The molecule has 0 aromatic heterocycles. The number of carbonyl (C=O) groups excluding carboxylic acids is 1. The van der Waals surface area contributed by atoms with E-state index in [9.17, 15) is 4.79 Å². The fourth-order valence-electron chi connectivity index (χ4n) is 4.65. The molecule has 4 nitrogen and oxygen atoms in total. The summed E-state index contributed by atoms with van der Waals surface area (Å²) in [6, 6.07) is 7.71. The lowest BCUT2D eigenvalue weighted by Crippen LogP contribution is -2.34. The number of aryl methyl sites for hydroxylation is 1. The lowest BCUT2D eigenvalue weighted by molar-refractivity contribution is 0.249. The van der Waals surface area contributed by atoms with Gasteiger partial charge in [0.15, 0.2) is 0 Å². The van der Waals surface area contributed by atoms with Gasteiger partial charge in [0, 0.05) is 11.7 Å². The number of hydrogen-bond donors (Lipinski definition) is 2. The van der Waals surface area contributed by atoms with E-state index in [0.29, 0.717) is 11.6 Å². The largest absolute Gasteiger partial charge is 0.335 e. The minimum Gasteiger partial charge on any atom is -0.335 e. The molecule has 4 rings (SSSR count). The molecule has 3 aliphatic carbocycles. The Morgan fingerprint density at radius 1 is 1.29 bits per heavy atom. The number of carbonyl (C=O) groups is 1. The van der Waals surface area contributed by atoms with E-state index >= 15 is 0 Å². The van der Waals surface area contributed by atoms with Gasteiger partial charge in [-0.2, -0.15) is 5.26 Å². The number of rotatable bonds is 2. The van der Waals surface area contributed by atoms with E-state index in [4.69, 9.17) is 5.26 Å². The number of nitriles is 1. The van der Waals surface area contributed by atoms with Gasteiger partial charge in [-0.3, -0.25) is 0 Å². The molecule has 2 amide bonds. The minimum absolute atomic E-state index is 0.132. The predicted molar refractivity (Wildman–Crippen MR) is 79.6 cm³/mol.